The first kappa shape index (κ1) is 15.0. The van der Waals surface area contributed by atoms with Crippen LogP contribution in [0.1, 0.15) is 46.6 Å². The van der Waals surface area contributed by atoms with Gasteiger partial charge in [0.15, 0.2) is 0 Å². The van der Waals surface area contributed by atoms with Gasteiger partial charge in [0.05, 0.1) is 17.8 Å². The number of nitrogens with one attached hydrogen (secondary N) is 2. The minimum atomic E-state index is -0.570. The molecule has 1 spiro atoms. The number of imide groups is 1. The second-order valence-corrected chi connectivity index (χ2v) is 7.77. The number of carbonyl (C=O) groups excluding carboxylic acids is 3. The van der Waals surface area contributed by atoms with E-state index in [1.165, 1.54) is 5.56 Å². The minimum absolute atomic E-state index is 0.134. The van der Waals surface area contributed by atoms with Crippen molar-refractivity contribution < 1.29 is 14.4 Å². The van der Waals surface area contributed by atoms with Crippen LogP contribution in [-0.4, -0.2) is 46.7 Å². The number of aromatic nitrogens is 1. The molecule has 0 radical (unpaired) electrons. The summed E-state index contributed by atoms with van der Waals surface area (Å²) < 4.78 is 0. The van der Waals surface area contributed by atoms with E-state index in [0.717, 1.165) is 43.7 Å². The summed E-state index contributed by atoms with van der Waals surface area (Å²) in [7, 11) is 0. The monoisotopic (exact) mass is 340 g/mol. The Labute approximate surface area is 145 Å². The van der Waals surface area contributed by atoms with Gasteiger partial charge in [-0.05, 0) is 49.3 Å². The molecule has 25 heavy (non-hydrogen) atoms. The third-order valence-electron chi connectivity index (χ3n) is 6.11. The molecule has 2 N–H and O–H groups in total. The molecule has 2 fully saturated rings. The zero-order chi connectivity index (χ0) is 17.2. The Bertz CT molecular complexity index is 813. The summed E-state index contributed by atoms with van der Waals surface area (Å²) in [6.45, 7) is 2.43. The highest BCUT2D eigenvalue weighted by molar-refractivity contribution is 6.05. The number of rotatable bonds is 1. The summed E-state index contributed by atoms with van der Waals surface area (Å²) in [5.41, 5.74) is 3.97. The Balaban J connectivity index is 1.42. The van der Waals surface area contributed by atoms with Gasteiger partial charge in [-0.3, -0.25) is 24.7 Å². The largest absolute Gasteiger partial charge is 0.321 e. The second-order valence-electron chi connectivity index (χ2n) is 7.77. The van der Waals surface area contributed by atoms with Crippen molar-refractivity contribution >= 4 is 17.7 Å². The fourth-order valence-electron chi connectivity index (χ4n) is 4.79. The molecule has 1 aliphatic carbocycles. The van der Waals surface area contributed by atoms with Gasteiger partial charge in [-0.25, -0.2) is 0 Å². The molecular formula is C18H20N4O3. The number of pyridine rings is 1. The summed E-state index contributed by atoms with van der Waals surface area (Å²) in [6, 6.07) is 1.43. The van der Waals surface area contributed by atoms with Gasteiger partial charge in [-0.15, -0.1) is 0 Å². The van der Waals surface area contributed by atoms with Crippen LogP contribution in [0.15, 0.2) is 6.07 Å². The van der Waals surface area contributed by atoms with Gasteiger partial charge in [-0.1, -0.05) is 0 Å². The first-order valence-electron chi connectivity index (χ1n) is 8.92. The molecule has 4 heterocycles. The third kappa shape index (κ3) is 2.22. The van der Waals surface area contributed by atoms with E-state index in [0.29, 0.717) is 18.5 Å². The lowest BCUT2D eigenvalue weighted by molar-refractivity contribution is -0.136. The van der Waals surface area contributed by atoms with Gasteiger partial charge in [0, 0.05) is 18.7 Å². The average Bonchev–Trinajstić information content (AvgIpc) is 3.25. The normalized spacial score (nSPS) is 30.8. The van der Waals surface area contributed by atoms with E-state index in [9.17, 15) is 14.4 Å². The standard InChI is InChI=1S/C18H20N4O3/c23-15-2-1-14(16(24)21-15)22-8-13-11(17(22)25)5-10-6-18(3-4-19-9-18)7-12(10)20-13/h5,14,19H,1-4,6-9H2,(H,21,23,24). The van der Waals surface area contributed by atoms with Gasteiger partial charge in [0.1, 0.15) is 6.04 Å². The van der Waals surface area contributed by atoms with Crippen LogP contribution in [0, 0.1) is 5.41 Å². The van der Waals surface area contributed by atoms with Gasteiger partial charge in [0.25, 0.3) is 5.91 Å². The quantitative estimate of drug-likeness (QED) is 0.698. The number of carbonyl (C=O) groups is 3. The highest BCUT2D eigenvalue weighted by Crippen LogP contribution is 2.42. The van der Waals surface area contributed by atoms with E-state index in [-0.39, 0.29) is 29.6 Å². The molecule has 0 bridgehead atoms. The van der Waals surface area contributed by atoms with Crippen LogP contribution in [0.25, 0.3) is 0 Å². The van der Waals surface area contributed by atoms with Gasteiger partial charge in [0.2, 0.25) is 11.8 Å². The highest BCUT2D eigenvalue weighted by atomic mass is 16.2. The summed E-state index contributed by atoms with van der Waals surface area (Å²) in [4.78, 5) is 42.7. The van der Waals surface area contributed by atoms with E-state index in [2.05, 4.69) is 10.6 Å². The minimum Gasteiger partial charge on any atom is -0.321 e. The molecule has 0 saturated carbocycles. The fourth-order valence-corrected chi connectivity index (χ4v) is 4.79. The van der Waals surface area contributed by atoms with Crippen molar-refractivity contribution in [3.63, 3.8) is 0 Å². The van der Waals surface area contributed by atoms with Crippen LogP contribution in [0.4, 0.5) is 0 Å². The van der Waals surface area contributed by atoms with E-state index >= 15 is 0 Å². The molecule has 130 valence electrons. The third-order valence-corrected chi connectivity index (χ3v) is 6.11. The molecule has 2 atom stereocenters. The highest BCUT2D eigenvalue weighted by Gasteiger charge is 2.44. The molecule has 1 aromatic rings. The van der Waals surface area contributed by atoms with Crippen molar-refractivity contribution in [3.05, 3.63) is 28.6 Å². The number of piperidine rings is 1. The van der Waals surface area contributed by atoms with Crippen molar-refractivity contribution in [3.8, 4) is 0 Å². The molecule has 3 aliphatic heterocycles. The Hall–Kier alpha value is -2.28. The molecule has 7 nitrogen and oxygen atoms in total. The molecule has 2 unspecified atom stereocenters. The van der Waals surface area contributed by atoms with E-state index < -0.39 is 6.04 Å². The maximum absolute atomic E-state index is 12.8. The van der Waals surface area contributed by atoms with Gasteiger partial charge >= 0.3 is 0 Å². The fraction of sp³-hybridized carbons (Fsp3) is 0.556. The number of nitrogens with zero attached hydrogens (tertiary/aromatic N) is 2. The van der Waals surface area contributed by atoms with E-state index in [4.69, 9.17) is 4.98 Å². The van der Waals surface area contributed by atoms with Crippen LogP contribution in [-0.2, 0) is 29.0 Å². The first-order valence-corrected chi connectivity index (χ1v) is 8.92. The van der Waals surface area contributed by atoms with Crippen LogP contribution in [0.2, 0.25) is 0 Å². The molecule has 4 aliphatic rings. The maximum Gasteiger partial charge on any atom is 0.256 e. The summed E-state index contributed by atoms with van der Waals surface area (Å²) in [6.07, 6.45) is 3.76. The van der Waals surface area contributed by atoms with Crippen molar-refractivity contribution in [2.75, 3.05) is 13.1 Å². The second kappa shape index (κ2) is 5.11. The molecule has 5 rings (SSSR count). The lowest BCUT2D eigenvalue weighted by Gasteiger charge is -2.29. The smallest absolute Gasteiger partial charge is 0.256 e. The topological polar surface area (TPSA) is 91.4 Å². The molecule has 0 aromatic carbocycles. The van der Waals surface area contributed by atoms with Crippen LogP contribution >= 0.6 is 0 Å². The van der Waals surface area contributed by atoms with Crippen LogP contribution in [0.5, 0.6) is 0 Å². The van der Waals surface area contributed by atoms with Crippen LogP contribution in [0.3, 0.4) is 0 Å². The zero-order valence-electron chi connectivity index (χ0n) is 13.9. The summed E-state index contributed by atoms with van der Waals surface area (Å²) >= 11 is 0. The predicted molar refractivity (Wildman–Crippen MR) is 87.6 cm³/mol. The average molecular weight is 340 g/mol. The molecular weight excluding hydrogens is 320 g/mol. The number of fused-ring (bicyclic) bond motifs is 2. The molecule has 3 amide bonds. The first-order chi connectivity index (χ1) is 12.0. The summed E-state index contributed by atoms with van der Waals surface area (Å²) in [5, 5.41) is 5.77. The molecule has 1 aromatic heterocycles. The van der Waals surface area contributed by atoms with Gasteiger partial charge in [-0.2, -0.15) is 0 Å². The number of amides is 3. The van der Waals surface area contributed by atoms with E-state index in [1.54, 1.807) is 4.90 Å². The van der Waals surface area contributed by atoms with Crippen molar-refractivity contribution in [1.29, 1.82) is 0 Å². The number of hydrogen-bond acceptors (Lipinski definition) is 5. The van der Waals surface area contributed by atoms with Gasteiger partial charge < -0.3 is 10.2 Å². The number of hydrogen-bond donors (Lipinski definition) is 2. The molecule has 2 saturated heterocycles. The predicted octanol–water partition coefficient (Wildman–Crippen LogP) is -0.0791. The van der Waals surface area contributed by atoms with E-state index in [1.807, 2.05) is 6.07 Å². The lowest BCUT2D eigenvalue weighted by atomic mass is 9.84. The van der Waals surface area contributed by atoms with Crippen molar-refractivity contribution in [2.24, 2.45) is 5.41 Å². The van der Waals surface area contributed by atoms with Crippen molar-refractivity contribution in [1.82, 2.24) is 20.5 Å². The SMILES string of the molecule is O=C1CCC(N2Cc3nc4c(cc3C2=O)CC2(CCNC2)C4)C(=O)N1. The Morgan fingerprint density at radius 1 is 1.20 bits per heavy atom. The lowest BCUT2D eigenvalue weighted by Crippen LogP contribution is -2.52. The Morgan fingerprint density at radius 2 is 2.08 bits per heavy atom. The van der Waals surface area contributed by atoms with Crippen LogP contribution < -0.4 is 10.6 Å². The summed E-state index contributed by atoms with van der Waals surface area (Å²) in [5.74, 6) is -0.774. The molecule has 7 heteroatoms. The van der Waals surface area contributed by atoms with Crippen molar-refractivity contribution in [2.45, 2.75) is 44.7 Å². The zero-order valence-corrected chi connectivity index (χ0v) is 13.9. The Kier molecular flexibility index (Phi) is 3.07. The Morgan fingerprint density at radius 3 is 2.84 bits per heavy atom. The maximum atomic E-state index is 12.8.